The van der Waals surface area contributed by atoms with Gasteiger partial charge in [0, 0.05) is 23.6 Å². The summed E-state index contributed by atoms with van der Waals surface area (Å²) in [6.45, 7) is 0.364. The van der Waals surface area contributed by atoms with E-state index in [0.29, 0.717) is 23.4 Å². The van der Waals surface area contributed by atoms with Gasteiger partial charge >= 0.3 is 6.18 Å². The third-order valence-electron chi connectivity index (χ3n) is 4.25. The summed E-state index contributed by atoms with van der Waals surface area (Å²) >= 11 is 0. The van der Waals surface area contributed by atoms with E-state index in [1.165, 1.54) is 12.1 Å². The second kappa shape index (κ2) is 7.24. The average Bonchev–Trinajstić information content (AvgIpc) is 3.15. The van der Waals surface area contributed by atoms with Gasteiger partial charge in [-0.2, -0.15) is 18.4 Å². The summed E-state index contributed by atoms with van der Waals surface area (Å²) in [5, 5.41) is 12.6. The molecule has 4 rings (SSSR count). The maximum Gasteiger partial charge on any atom is 0.416 e. The van der Waals surface area contributed by atoms with E-state index >= 15 is 0 Å². The molecule has 0 aliphatic heterocycles. The maximum atomic E-state index is 13.0. The van der Waals surface area contributed by atoms with Crippen molar-refractivity contribution in [1.82, 2.24) is 19.9 Å². The van der Waals surface area contributed by atoms with Crippen molar-refractivity contribution in [2.45, 2.75) is 12.7 Å². The molecule has 0 aliphatic rings. The highest BCUT2D eigenvalue weighted by atomic mass is 19.4. The Bertz CT molecular complexity index is 1210. The lowest BCUT2D eigenvalue weighted by Gasteiger charge is -2.08. The van der Waals surface area contributed by atoms with Gasteiger partial charge in [-0.25, -0.2) is 9.97 Å². The van der Waals surface area contributed by atoms with Gasteiger partial charge in [-0.1, -0.05) is 12.1 Å². The van der Waals surface area contributed by atoms with E-state index in [2.05, 4.69) is 25.3 Å². The van der Waals surface area contributed by atoms with Crippen molar-refractivity contribution in [3.05, 3.63) is 71.9 Å². The number of nitrogens with one attached hydrogen (secondary N) is 2. The molecule has 2 N–H and O–H groups in total. The van der Waals surface area contributed by atoms with E-state index in [0.717, 1.165) is 17.8 Å². The quantitative estimate of drug-likeness (QED) is 0.531. The molecule has 0 atom stereocenters. The number of hydrogen-bond acceptors (Lipinski definition) is 5. The summed E-state index contributed by atoms with van der Waals surface area (Å²) in [4.78, 5) is 15.6. The van der Waals surface area contributed by atoms with E-state index in [1.807, 2.05) is 6.07 Å². The minimum atomic E-state index is -4.46. The maximum absolute atomic E-state index is 13.0. The molecule has 0 bridgehead atoms. The van der Waals surface area contributed by atoms with Crippen LogP contribution in [0.2, 0.25) is 0 Å². The molecule has 3 aromatic heterocycles. The van der Waals surface area contributed by atoms with Gasteiger partial charge in [0.05, 0.1) is 23.3 Å². The van der Waals surface area contributed by atoms with Gasteiger partial charge in [0.1, 0.15) is 17.4 Å². The smallest absolute Gasteiger partial charge is 0.378 e. The minimum Gasteiger partial charge on any atom is -0.378 e. The van der Waals surface area contributed by atoms with Crippen LogP contribution in [0.15, 0.2) is 54.9 Å². The Labute approximate surface area is 163 Å². The van der Waals surface area contributed by atoms with Crippen molar-refractivity contribution >= 4 is 16.7 Å². The van der Waals surface area contributed by atoms with E-state index in [9.17, 15) is 18.4 Å². The fourth-order valence-electron chi connectivity index (χ4n) is 2.89. The summed E-state index contributed by atoms with van der Waals surface area (Å²) in [6.07, 6.45) is -1.15. The number of alkyl halides is 3. The zero-order chi connectivity index (χ0) is 20.4. The molecule has 9 heteroatoms. The fourth-order valence-corrected chi connectivity index (χ4v) is 2.89. The Morgan fingerprint density at radius 2 is 1.86 bits per heavy atom. The molecule has 0 radical (unpaired) electrons. The average molecular weight is 394 g/mol. The van der Waals surface area contributed by atoms with Crippen LogP contribution in [0.5, 0.6) is 0 Å². The number of H-pyrrole nitrogens is 1. The van der Waals surface area contributed by atoms with Crippen molar-refractivity contribution < 1.29 is 13.2 Å². The first-order chi connectivity index (χ1) is 13.9. The standard InChI is InChI=1S/C20H13F3N6/c21-20(22,23)13-3-1-2-12(8-13)15-9-16-19(17(10-24)27-15)29-18(28-16)11-26-14-4-6-25-7-5-14/h1-9H,11H2,(H,25,26)(H,28,29). The fraction of sp³-hybridized carbons (Fsp3) is 0.100. The van der Waals surface area contributed by atoms with Crippen LogP contribution in [0.4, 0.5) is 18.9 Å². The van der Waals surface area contributed by atoms with Crippen LogP contribution in [0, 0.1) is 11.3 Å². The molecule has 144 valence electrons. The largest absolute Gasteiger partial charge is 0.416 e. The number of anilines is 1. The van der Waals surface area contributed by atoms with Crippen molar-refractivity contribution in [1.29, 1.82) is 5.26 Å². The van der Waals surface area contributed by atoms with Crippen LogP contribution in [-0.4, -0.2) is 19.9 Å². The monoisotopic (exact) mass is 394 g/mol. The Balaban J connectivity index is 1.70. The molecule has 29 heavy (non-hydrogen) atoms. The van der Waals surface area contributed by atoms with Crippen LogP contribution in [-0.2, 0) is 12.7 Å². The number of pyridine rings is 2. The van der Waals surface area contributed by atoms with E-state index in [4.69, 9.17) is 0 Å². The molecule has 0 saturated carbocycles. The number of hydrogen-bond donors (Lipinski definition) is 2. The summed E-state index contributed by atoms with van der Waals surface area (Å²) in [6, 6.07) is 12.0. The van der Waals surface area contributed by atoms with Gasteiger partial charge in [0.2, 0.25) is 0 Å². The van der Waals surface area contributed by atoms with E-state index < -0.39 is 11.7 Å². The summed E-state index contributed by atoms with van der Waals surface area (Å²) < 4.78 is 39.0. The molecule has 0 fully saturated rings. The number of aromatic amines is 1. The van der Waals surface area contributed by atoms with E-state index in [1.54, 1.807) is 30.6 Å². The zero-order valence-electron chi connectivity index (χ0n) is 14.8. The topological polar surface area (TPSA) is 90.3 Å². The minimum absolute atomic E-state index is 0.0429. The number of rotatable bonds is 4. The van der Waals surface area contributed by atoms with Crippen LogP contribution in [0.1, 0.15) is 17.1 Å². The number of aromatic nitrogens is 4. The zero-order valence-corrected chi connectivity index (χ0v) is 14.8. The molecule has 4 aromatic rings. The van der Waals surface area contributed by atoms with Gasteiger partial charge in [0.15, 0.2) is 5.69 Å². The predicted molar refractivity (Wildman–Crippen MR) is 101 cm³/mol. The molecule has 0 unspecified atom stereocenters. The van der Waals surface area contributed by atoms with Crippen molar-refractivity contribution in [3.63, 3.8) is 0 Å². The van der Waals surface area contributed by atoms with Crippen LogP contribution in [0.3, 0.4) is 0 Å². The summed E-state index contributed by atoms with van der Waals surface area (Å²) in [7, 11) is 0. The van der Waals surface area contributed by atoms with Gasteiger partial charge in [0.25, 0.3) is 0 Å². The van der Waals surface area contributed by atoms with Crippen molar-refractivity contribution in [2.24, 2.45) is 0 Å². The molecule has 0 spiro atoms. The molecule has 0 amide bonds. The second-order valence-corrected chi connectivity index (χ2v) is 6.22. The molecule has 3 heterocycles. The Hall–Kier alpha value is -3.93. The lowest BCUT2D eigenvalue weighted by atomic mass is 10.1. The highest BCUT2D eigenvalue weighted by molar-refractivity contribution is 5.84. The Morgan fingerprint density at radius 1 is 1.07 bits per heavy atom. The second-order valence-electron chi connectivity index (χ2n) is 6.22. The number of nitrogens with zero attached hydrogens (tertiary/aromatic N) is 4. The highest BCUT2D eigenvalue weighted by Gasteiger charge is 2.30. The Kier molecular flexibility index (Phi) is 4.60. The van der Waals surface area contributed by atoms with Crippen molar-refractivity contribution in [3.8, 4) is 17.3 Å². The molecule has 1 aromatic carbocycles. The van der Waals surface area contributed by atoms with Gasteiger partial charge in [-0.05, 0) is 30.3 Å². The SMILES string of the molecule is N#Cc1nc(-c2cccc(C(F)(F)F)c2)cc2[nH]c(CNc3ccncc3)nc12. The van der Waals surface area contributed by atoms with Gasteiger partial charge < -0.3 is 10.3 Å². The number of imidazole rings is 1. The normalized spacial score (nSPS) is 11.4. The van der Waals surface area contributed by atoms with Crippen molar-refractivity contribution in [2.75, 3.05) is 5.32 Å². The molecular weight excluding hydrogens is 381 g/mol. The third-order valence-corrected chi connectivity index (χ3v) is 4.25. The summed E-state index contributed by atoms with van der Waals surface area (Å²) in [5.41, 5.74) is 1.54. The molecule has 0 aliphatic carbocycles. The predicted octanol–water partition coefficient (Wildman–Crippen LogP) is 4.52. The molecule has 0 saturated heterocycles. The van der Waals surface area contributed by atoms with E-state index in [-0.39, 0.29) is 17.0 Å². The van der Waals surface area contributed by atoms with Crippen LogP contribution >= 0.6 is 0 Å². The first kappa shape index (κ1) is 18.4. The first-order valence-electron chi connectivity index (χ1n) is 8.55. The first-order valence-corrected chi connectivity index (χ1v) is 8.55. The van der Waals surface area contributed by atoms with Gasteiger partial charge in [-0.15, -0.1) is 0 Å². The highest BCUT2D eigenvalue weighted by Crippen LogP contribution is 2.32. The lowest BCUT2D eigenvalue weighted by Crippen LogP contribution is -2.04. The molecule has 6 nitrogen and oxygen atoms in total. The van der Waals surface area contributed by atoms with Gasteiger partial charge in [-0.3, -0.25) is 4.98 Å². The van der Waals surface area contributed by atoms with Crippen LogP contribution < -0.4 is 5.32 Å². The lowest BCUT2D eigenvalue weighted by molar-refractivity contribution is -0.137. The summed E-state index contributed by atoms with van der Waals surface area (Å²) in [5.74, 6) is 0.566. The number of halogens is 3. The Morgan fingerprint density at radius 3 is 2.59 bits per heavy atom. The number of nitriles is 1. The third kappa shape index (κ3) is 3.87. The molecular formula is C20H13F3N6. The number of fused-ring (bicyclic) bond motifs is 1. The number of benzene rings is 1. The van der Waals surface area contributed by atoms with Crippen LogP contribution in [0.25, 0.3) is 22.3 Å².